The number of benzene rings is 1. The summed E-state index contributed by atoms with van der Waals surface area (Å²) in [6.07, 6.45) is 2.96. The number of carbonyl (C=O) groups is 1. The molecule has 0 aliphatic rings. The highest BCUT2D eigenvalue weighted by Crippen LogP contribution is 2.33. The van der Waals surface area contributed by atoms with Crippen molar-refractivity contribution in [2.75, 3.05) is 0 Å². The Kier molecular flexibility index (Phi) is 4.83. The lowest BCUT2D eigenvalue weighted by Gasteiger charge is -2.07. The Labute approximate surface area is 126 Å². The molecule has 1 N–H and O–H groups in total. The number of rotatable bonds is 6. The van der Waals surface area contributed by atoms with E-state index in [0.29, 0.717) is 6.42 Å². The lowest BCUT2D eigenvalue weighted by molar-refractivity contribution is -0.134. The number of fused-ring (bicyclic) bond motifs is 1. The summed E-state index contributed by atoms with van der Waals surface area (Å²) in [7, 11) is 0. The average molecular weight is 304 g/mol. The number of aromatic hydroxyl groups is 1. The van der Waals surface area contributed by atoms with Crippen molar-refractivity contribution < 1.29 is 23.8 Å². The first kappa shape index (κ1) is 15.6. The molecule has 0 amide bonds. The second-order valence-electron chi connectivity index (χ2n) is 4.59. The maximum Gasteiger partial charge on any atom is 0.383 e. The highest BCUT2D eigenvalue weighted by Gasteiger charge is 2.16. The fourth-order valence-corrected chi connectivity index (χ4v) is 1.90. The molecule has 6 nitrogen and oxygen atoms in total. The Bertz CT molecular complexity index is 759. The van der Waals surface area contributed by atoms with Gasteiger partial charge in [0.15, 0.2) is 5.75 Å². The summed E-state index contributed by atoms with van der Waals surface area (Å²) in [5, 5.41) is 10.3. The Morgan fingerprint density at radius 3 is 2.91 bits per heavy atom. The van der Waals surface area contributed by atoms with Crippen LogP contribution in [0.2, 0.25) is 0 Å². The van der Waals surface area contributed by atoms with Crippen molar-refractivity contribution in [3.63, 3.8) is 0 Å². The fourth-order valence-electron chi connectivity index (χ4n) is 1.90. The number of carbonyl (C=O) groups excluding carboxylic acids is 1. The summed E-state index contributed by atoms with van der Waals surface area (Å²) in [6, 6.07) is 4.35. The third-order valence-corrected chi connectivity index (χ3v) is 2.98. The highest BCUT2D eigenvalue weighted by molar-refractivity contribution is 5.87. The minimum absolute atomic E-state index is 0.0969. The summed E-state index contributed by atoms with van der Waals surface area (Å²) in [5.74, 6) is -0.807. The van der Waals surface area contributed by atoms with Crippen LogP contribution in [0.1, 0.15) is 26.2 Å². The zero-order valence-electron chi connectivity index (χ0n) is 12.1. The molecule has 0 bridgehead atoms. The summed E-state index contributed by atoms with van der Waals surface area (Å²) in [5.41, 5.74) is -0.751. The molecule has 0 saturated carbocycles. The topological polar surface area (TPSA) is 86.0 Å². The molecule has 2 aromatic rings. The predicted octanol–water partition coefficient (Wildman–Crippen LogP) is 3.12. The minimum atomic E-state index is -0.848. The smallest absolute Gasteiger partial charge is 0.383 e. The number of esters is 1. The molecule has 0 unspecified atom stereocenters. The van der Waals surface area contributed by atoms with Crippen molar-refractivity contribution in [1.29, 1.82) is 0 Å². The second-order valence-corrected chi connectivity index (χ2v) is 4.59. The van der Waals surface area contributed by atoms with Crippen LogP contribution in [0.5, 0.6) is 17.2 Å². The number of ether oxygens (including phenoxy) is 2. The lowest BCUT2D eigenvalue weighted by Crippen LogP contribution is -2.07. The van der Waals surface area contributed by atoms with Crippen molar-refractivity contribution in [2.45, 2.75) is 26.2 Å². The standard InChI is InChI=1S/C16H16O6/c1-3-5-6-13(17)21-10-7-8-11-12(9-10)22-16(19)15(14(11)18)20-4-2/h4,7-9,18H,2-3,5-6H2,1H3. The maximum absolute atomic E-state index is 11.7. The van der Waals surface area contributed by atoms with Crippen LogP contribution < -0.4 is 15.1 Å². The Morgan fingerprint density at radius 2 is 2.23 bits per heavy atom. The van der Waals surface area contributed by atoms with Crippen LogP contribution in [0.25, 0.3) is 11.0 Å². The van der Waals surface area contributed by atoms with Gasteiger partial charge in [-0.2, -0.15) is 0 Å². The van der Waals surface area contributed by atoms with E-state index in [4.69, 9.17) is 13.9 Å². The van der Waals surface area contributed by atoms with Crippen molar-refractivity contribution in [1.82, 2.24) is 0 Å². The zero-order chi connectivity index (χ0) is 16.1. The molecular formula is C16H16O6. The molecule has 0 saturated heterocycles. The molecule has 0 spiro atoms. The normalized spacial score (nSPS) is 10.4. The molecule has 2 rings (SSSR count). The number of hydrogen-bond donors (Lipinski definition) is 1. The van der Waals surface area contributed by atoms with E-state index in [1.807, 2.05) is 6.92 Å². The van der Waals surface area contributed by atoms with Crippen LogP contribution in [0, 0.1) is 0 Å². The van der Waals surface area contributed by atoms with E-state index in [2.05, 4.69) is 6.58 Å². The minimum Gasteiger partial charge on any atom is -0.504 e. The van der Waals surface area contributed by atoms with Gasteiger partial charge in [-0.25, -0.2) is 4.79 Å². The molecule has 22 heavy (non-hydrogen) atoms. The van der Waals surface area contributed by atoms with Gasteiger partial charge < -0.3 is 19.0 Å². The monoisotopic (exact) mass is 304 g/mol. The summed E-state index contributed by atoms with van der Waals surface area (Å²) in [4.78, 5) is 23.3. The van der Waals surface area contributed by atoms with E-state index in [9.17, 15) is 14.7 Å². The van der Waals surface area contributed by atoms with E-state index in [0.717, 1.165) is 19.1 Å². The van der Waals surface area contributed by atoms with Gasteiger partial charge in [0.1, 0.15) is 11.3 Å². The van der Waals surface area contributed by atoms with Crippen LogP contribution in [0.3, 0.4) is 0 Å². The molecule has 1 aromatic carbocycles. The molecule has 0 aliphatic heterocycles. The largest absolute Gasteiger partial charge is 0.504 e. The van der Waals surface area contributed by atoms with Crippen LogP contribution in [-0.4, -0.2) is 11.1 Å². The summed E-state index contributed by atoms with van der Waals surface area (Å²) >= 11 is 0. The third-order valence-electron chi connectivity index (χ3n) is 2.98. The third kappa shape index (κ3) is 3.28. The highest BCUT2D eigenvalue weighted by atomic mass is 16.5. The molecule has 1 heterocycles. The molecule has 0 fully saturated rings. The van der Waals surface area contributed by atoms with E-state index in [1.54, 1.807) is 0 Å². The van der Waals surface area contributed by atoms with Crippen molar-refractivity contribution in [3.8, 4) is 17.2 Å². The Balaban J connectivity index is 2.35. The van der Waals surface area contributed by atoms with Crippen molar-refractivity contribution in [3.05, 3.63) is 41.5 Å². The predicted molar refractivity (Wildman–Crippen MR) is 80.1 cm³/mol. The van der Waals surface area contributed by atoms with E-state index >= 15 is 0 Å². The first-order valence-corrected chi connectivity index (χ1v) is 6.85. The van der Waals surface area contributed by atoms with Gasteiger partial charge in [0, 0.05) is 12.5 Å². The Morgan fingerprint density at radius 1 is 1.45 bits per heavy atom. The second kappa shape index (κ2) is 6.80. The van der Waals surface area contributed by atoms with Gasteiger partial charge in [0.25, 0.3) is 5.75 Å². The van der Waals surface area contributed by atoms with E-state index in [1.165, 1.54) is 18.2 Å². The Hall–Kier alpha value is -2.76. The van der Waals surface area contributed by atoms with Crippen LogP contribution in [-0.2, 0) is 4.79 Å². The molecular weight excluding hydrogens is 288 g/mol. The van der Waals surface area contributed by atoms with Gasteiger partial charge in [-0.1, -0.05) is 19.9 Å². The fraction of sp³-hybridized carbons (Fsp3) is 0.250. The molecule has 6 heteroatoms. The summed E-state index contributed by atoms with van der Waals surface area (Å²) in [6.45, 7) is 5.29. The van der Waals surface area contributed by atoms with Gasteiger partial charge >= 0.3 is 11.6 Å². The van der Waals surface area contributed by atoms with Crippen molar-refractivity contribution >= 4 is 16.9 Å². The maximum atomic E-state index is 11.7. The molecule has 1 aromatic heterocycles. The molecule has 116 valence electrons. The average Bonchev–Trinajstić information content (AvgIpc) is 2.49. The SMILES string of the molecule is C=COc1c(O)c2ccc(OC(=O)CCCC)cc2oc1=O. The van der Waals surface area contributed by atoms with Gasteiger partial charge in [-0.05, 0) is 18.6 Å². The zero-order valence-corrected chi connectivity index (χ0v) is 12.1. The van der Waals surface area contributed by atoms with Gasteiger partial charge in [0.05, 0.1) is 11.6 Å². The number of unbranched alkanes of at least 4 members (excludes halogenated alkanes) is 1. The van der Waals surface area contributed by atoms with Gasteiger partial charge in [0.2, 0.25) is 0 Å². The van der Waals surface area contributed by atoms with Crippen LogP contribution in [0.4, 0.5) is 0 Å². The van der Waals surface area contributed by atoms with Gasteiger partial charge in [-0.3, -0.25) is 4.79 Å². The van der Waals surface area contributed by atoms with Gasteiger partial charge in [-0.15, -0.1) is 0 Å². The molecule has 0 atom stereocenters. The van der Waals surface area contributed by atoms with Crippen molar-refractivity contribution in [2.24, 2.45) is 0 Å². The van der Waals surface area contributed by atoms with Crippen LogP contribution in [0.15, 0.2) is 40.3 Å². The summed E-state index contributed by atoms with van der Waals surface area (Å²) < 4.78 is 15.0. The first-order chi connectivity index (χ1) is 10.6. The first-order valence-electron chi connectivity index (χ1n) is 6.85. The number of hydrogen-bond acceptors (Lipinski definition) is 6. The quantitative estimate of drug-likeness (QED) is 0.382. The lowest BCUT2D eigenvalue weighted by atomic mass is 10.2. The molecule has 0 aliphatic carbocycles. The van der Waals surface area contributed by atoms with Crippen LogP contribution >= 0.6 is 0 Å². The molecule has 0 radical (unpaired) electrons. The van der Waals surface area contributed by atoms with E-state index < -0.39 is 5.63 Å². The van der Waals surface area contributed by atoms with E-state index in [-0.39, 0.29) is 34.2 Å².